The second-order valence-corrected chi connectivity index (χ2v) is 5.69. The highest BCUT2D eigenvalue weighted by atomic mass is 32.2. The van der Waals surface area contributed by atoms with Crippen molar-refractivity contribution in [1.82, 2.24) is 4.72 Å². The lowest BCUT2D eigenvalue weighted by Crippen LogP contribution is -2.33. The van der Waals surface area contributed by atoms with Crippen molar-refractivity contribution in [3.63, 3.8) is 0 Å². The third-order valence-electron chi connectivity index (χ3n) is 2.40. The number of nitrogens with one attached hydrogen (secondary N) is 1. The van der Waals surface area contributed by atoms with Crippen molar-refractivity contribution in [2.75, 3.05) is 13.7 Å². The Balaban J connectivity index is 3.00. The number of hydrogen-bond acceptors (Lipinski definition) is 5. The van der Waals surface area contributed by atoms with Crippen LogP contribution in [0.15, 0.2) is 23.1 Å². The molecule has 0 saturated carbocycles. The summed E-state index contributed by atoms with van der Waals surface area (Å²) >= 11 is 0. The summed E-state index contributed by atoms with van der Waals surface area (Å²) in [6.07, 6.45) is -0.407. The molecular formula is C11H18N2O4S. The summed E-state index contributed by atoms with van der Waals surface area (Å²) in [7, 11) is -2.22. The second kappa shape index (κ2) is 6.14. The predicted molar refractivity (Wildman–Crippen MR) is 67.7 cm³/mol. The molecule has 0 aliphatic heterocycles. The van der Waals surface area contributed by atoms with Gasteiger partial charge in [-0.2, -0.15) is 0 Å². The van der Waals surface area contributed by atoms with Gasteiger partial charge in [-0.1, -0.05) is 6.07 Å². The van der Waals surface area contributed by atoms with E-state index in [4.69, 9.17) is 10.6 Å². The summed E-state index contributed by atoms with van der Waals surface area (Å²) in [5.74, 6) is 5.26. The lowest BCUT2D eigenvalue weighted by Gasteiger charge is -2.13. The molecule has 7 heteroatoms. The molecule has 0 aliphatic carbocycles. The number of methoxy groups -OCH3 is 1. The van der Waals surface area contributed by atoms with Gasteiger partial charge in [0.15, 0.2) is 0 Å². The van der Waals surface area contributed by atoms with Gasteiger partial charge in [-0.15, -0.1) is 0 Å². The van der Waals surface area contributed by atoms with E-state index in [0.29, 0.717) is 5.75 Å². The van der Waals surface area contributed by atoms with E-state index in [9.17, 15) is 8.42 Å². The van der Waals surface area contributed by atoms with Gasteiger partial charge >= 0.3 is 0 Å². The van der Waals surface area contributed by atoms with Gasteiger partial charge in [0.25, 0.3) is 0 Å². The zero-order valence-electron chi connectivity index (χ0n) is 10.6. The van der Waals surface area contributed by atoms with Crippen molar-refractivity contribution in [3.8, 4) is 5.75 Å². The van der Waals surface area contributed by atoms with E-state index in [1.54, 1.807) is 25.1 Å². The topological polar surface area (TPSA) is 90.7 Å². The van der Waals surface area contributed by atoms with Crippen molar-refractivity contribution >= 4 is 10.0 Å². The molecular weight excluding hydrogens is 256 g/mol. The van der Waals surface area contributed by atoms with Gasteiger partial charge in [-0.25, -0.2) is 19.0 Å². The highest BCUT2D eigenvalue weighted by Gasteiger charge is 2.20. The average Bonchev–Trinajstić information content (AvgIpc) is 2.36. The molecule has 3 N–H and O–H groups in total. The van der Waals surface area contributed by atoms with Crippen LogP contribution in [0.25, 0.3) is 0 Å². The second-order valence-electron chi connectivity index (χ2n) is 3.95. The van der Waals surface area contributed by atoms with Crippen LogP contribution in [0.3, 0.4) is 0 Å². The third kappa shape index (κ3) is 3.67. The van der Waals surface area contributed by atoms with Gasteiger partial charge in [-0.05, 0) is 31.5 Å². The minimum atomic E-state index is -3.64. The number of ether oxygens (including phenoxy) is 1. The van der Waals surface area contributed by atoms with Gasteiger partial charge < -0.3 is 9.57 Å². The van der Waals surface area contributed by atoms with Crippen molar-refractivity contribution in [2.24, 2.45) is 5.90 Å². The first-order valence-corrected chi connectivity index (χ1v) is 6.89. The zero-order chi connectivity index (χ0) is 13.8. The van der Waals surface area contributed by atoms with E-state index >= 15 is 0 Å². The lowest BCUT2D eigenvalue weighted by molar-refractivity contribution is 0.0702. The fourth-order valence-corrected chi connectivity index (χ4v) is 2.71. The van der Waals surface area contributed by atoms with E-state index in [1.165, 1.54) is 7.11 Å². The third-order valence-corrected chi connectivity index (χ3v) is 3.85. The van der Waals surface area contributed by atoms with Gasteiger partial charge in [0.2, 0.25) is 10.0 Å². The summed E-state index contributed by atoms with van der Waals surface area (Å²) in [5, 5.41) is 0. The molecule has 0 spiro atoms. The number of sulfonamides is 1. The van der Waals surface area contributed by atoms with Crippen molar-refractivity contribution in [1.29, 1.82) is 0 Å². The normalized spacial score (nSPS) is 13.3. The Morgan fingerprint density at radius 1 is 1.44 bits per heavy atom. The molecule has 0 bridgehead atoms. The number of rotatable bonds is 6. The first-order valence-electron chi connectivity index (χ1n) is 5.40. The van der Waals surface area contributed by atoms with Crippen LogP contribution in [-0.4, -0.2) is 28.2 Å². The molecule has 0 saturated heterocycles. The molecule has 18 heavy (non-hydrogen) atoms. The van der Waals surface area contributed by atoms with E-state index < -0.39 is 16.1 Å². The van der Waals surface area contributed by atoms with Crippen LogP contribution in [0, 0.1) is 6.92 Å². The Kier molecular flexibility index (Phi) is 5.09. The molecule has 1 aromatic carbocycles. The molecule has 1 atom stereocenters. The molecule has 1 unspecified atom stereocenters. The maximum absolute atomic E-state index is 12.1. The zero-order valence-corrected chi connectivity index (χ0v) is 11.5. The Bertz CT molecular complexity index is 502. The number of nitrogens with two attached hydrogens (primary N) is 1. The van der Waals surface area contributed by atoms with E-state index in [0.717, 1.165) is 5.56 Å². The first-order chi connectivity index (χ1) is 8.40. The van der Waals surface area contributed by atoms with Crippen LogP contribution in [0.5, 0.6) is 5.75 Å². The standard InChI is InChI=1S/C11H18N2O4S/c1-8-4-5-10(16-3)11(6-8)18(14,15)13-7-9(2)17-12/h4-6,9,13H,7,12H2,1-3H3. The minimum Gasteiger partial charge on any atom is -0.495 e. The fraction of sp³-hybridized carbons (Fsp3) is 0.455. The van der Waals surface area contributed by atoms with Gasteiger partial charge in [-0.3, -0.25) is 0 Å². The molecule has 0 aromatic heterocycles. The molecule has 0 aliphatic rings. The summed E-state index contributed by atoms with van der Waals surface area (Å²) in [6.45, 7) is 3.57. The molecule has 6 nitrogen and oxygen atoms in total. The van der Waals surface area contributed by atoms with Crippen LogP contribution in [0.4, 0.5) is 0 Å². The van der Waals surface area contributed by atoms with E-state index in [1.807, 2.05) is 6.92 Å². The highest BCUT2D eigenvalue weighted by Crippen LogP contribution is 2.24. The maximum Gasteiger partial charge on any atom is 0.244 e. The summed E-state index contributed by atoms with van der Waals surface area (Å²) in [6, 6.07) is 4.95. The minimum absolute atomic E-state index is 0.0932. The molecule has 1 rings (SSSR count). The fourth-order valence-electron chi connectivity index (χ4n) is 1.35. The molecule has 0 radical (unpaired) electrons. The van der Waals surface area contributed by atoms with Gasteiger partial charge in [0, 0.05) is 6.54 Å². The van der Waals surface area contributed by atoms with Crippen LogP contribution < -0.4 is 15.4 Å². The Morgan fingerprint density at radius 3 is 2.67 bits per heavy atom. The SMILES string of the molecule is COc1ccc(C)cc1S(=O)(=O)NCC(C)ON. The first kappa shape index (κ1) is 14.9. The van der Waals surface area contributed by atoms with Crippen molar-refractivity contribution in [2.45, 2.75) is 24.8 Å². The molecule has 0 fully saturated rings. The maximum atomic E-state index is 12.1. The molecule has 102 valence electrons. The highest BCUT2D eigenvalue weighted by molar-refractivity contribution is 7.89. The van der Waals surface area contributed by atoms with E-state index in [2.05, 4.69) is 9.56 Å². The quantitative estimate of drug-likeness (QED) is 0.740. The Hall–Kier alpha value is -1.15. The van der Waals surface area contributed by atoms with Gasteiger partial charge in [0.05, 0.1) is 13.2 Å². The van der Waals surface area contributed by atoms with Gasteiger partial charge in [0.1, 0.15) is 10.6 Å². The number of hydrogen-bond donors (Lipinski definition) is 2. The molecule has 1 aromatic rings. The summed E-state index contributed by atoms with van der Waals surface area (Å²) < 4.78 is 31.7. The van der Waals surface area contributed by atoms with Crippen molar-refractivity contribution in [3.05, 3.63) is 23.8 Å². The number of aryl methyl sites for hydroxylation is 1. The van der Waals surface area contributed by atoms with Crippen LogP contribution in [0.1, 0.15) is 12.5 Å². The smallest absolute Gasteiger partial charge is 0.244 e. The van der Waals surface area contributed by atoms with Crippen molar-refractivity contribution < 1.29 is 18.0 Å². The van der Waals surface area contributed by atoms with E-state index in [-0.39, 0.29) is 11.4 Å². The Morgan fingerprint density at radius 2 is 2.11 bits per heavy atom. The summed E-state index contributed by atoms with van der Waals surface area (Å²) in [4.78, 5) is 4.61. The molecule has 0 heterocycles. The average molecular weight is 274 g/mol. The van der Waals surface area contributed by atoms with Crippen LogP contribution >= 0.6 is 0 Å². The monoisotopic (exact) mass is 274 g/mol. The summed E-state index contributed by atoms with van der Waals surface area (Å²) in [5.41, 5.74) is 0.833. The largest absolute Gasteiger partial charge is 0.495 e. The van der Waals surface area contributed by atoms with Crippen LogP contribution in [-0.2, 0) is 14.9 Å². The predicted octanol–water partition coefficient (Wildman–Crippen LogP) is 0.561. The molecule has 0 amide bonds. The van der Waals surface area contributed by atoms with Crippen LogP contribution in [0.2, 0.25) is 0 Å². The Labute approximate surface area is 107 Å². The number of benzene rings is 1. The lowest BCUT2D eigenvalue weighted by atomic mass is 10.2.